The van der Waals surface area contributed by atoms with Crippen molar-refractivity contribution in [2.24, 2.45) is 7.05 Å². The number of fused-ring (bicyclic) bond motifs is 3. The molecule has 0 radical (unpaired) electrons. The molecule has 3 aromatic heterocycles. The Kier molecular flexibility index (Phi) is 9.50. The fourth-order valence-electron chi connectivity index (χ4n) is 7.79. The lowest BCUT2D eigenvalue weighted by Crippen LogP contribution is -2.39. The van der Waals surface area contributed by atoms with E-state index in [1.807, 2.05) is 25.1 Å². The summed E-state index contributed by atoms with van der Waals surface area (Å²) in [5.74, 6) is 4.32. The van der Waals surface area contributed by atoms with E-state index in [0.717, 1.165) is 51.6 Å². The van der Waals surface area contributed by atoms with Crippen LogP contribution >= 0.6 is 0 Å². The van der Waals surface area contributed by atoms with Crippen molar-refractivity contribution in [1.29, 1.82) is 0 Å². The van der Waals surface area contributed by atoms with Gasteiger partial charge in [-0.25, -0.2) is 4.39 Å². The summed E-state index contributed by atoms with van der Waals surface area (Å²) in [7, 11) is 1.80. The highest BCUT2D eigenvalue weighted by Gasteiger charge is 2.30. The van der Waals surface area contributed by atoms with Crippen LogP contribution in [-0.2, 0) is 23.1 Å². The van der Waals surface area contributed by atoms with E-state index in [1.54, 1.807) is 48.2 Å². The number of pyridine rings is 2. The quantitative estimate of drug-likeness (QED) is 0.135. The van der Waals surface area contributed by atoms with Crippen LogP contribution < -0.4 is 21.1 Å². The Morgan fingerprint density at radius 3 is 2.64 bits per heavy atom. The zero-order valence-electron chi connectivity index (χ0n) is 31.6. The number of benzene rings is 3. The van der Waals surface area contributed by atoms with Crippen LogP contribution in [0.25, 0.3) is 33.0 Å². The molecule has 0 bridgehead atoms. The van der Waals surface area contributed by atoms with E-state index >= 15 is 4.39 Å². The van der Waals surface area contributed by atoms with Crippen LogP contribution in [0.1, 0.15) is 83.3 Å². The lowest BCUT2D eigenvalue weighted by molar-refractivity contribution is -0.134. The number of amides is 3. The smallest absolute Gasteiger partial charge is 0.270 e. The van der Waals surface area contributed by atoms with E-state index in [0.29, 0.717) is 46.4 Å². The largest absolute Gasteiger partial charge is 0.464 e. The number of imide groups is 1. The number of aryl methyl sites for hydroxylation is 3. The molecule has 0 saturated carbocycles. The number of carbonyl (C=O) groups is 3. The number of aromatic nitrogens is 2. The first-order valence-corrected chi connectivity index (χ1v) is 18.8. The minimum absolute atomic E-state index is 0.0331. The van der Waals surface area contributed by atoms with E-state index in [2.05, 4.69) is 58.3 Å². The number of carbonyl (C=O) groups excluding carboxylic acids is 3. The van der Waals surface area contributed by atoms with Crippen LogP contribution in [-0.4, -0.2) is 40.4 Å². The molecule has 11 heteroatoms. The molecule has 2 aliphatic rings. The summed E-state index contributed by atoms with van der Waals surface area (Å²) in [4.78, 5) is 56.4. The SMILES string of the molecule is Cc1cc2c(N3CCCc4cc(-c5ccc(C(=O)NCC#Cc6ccc7occ(C8CCC(=O)NC8=O)c7c6)nc5)c(F)cc43)cc(C(C)C)cc2n(C)c1=O. The number of nitrogens with zero attached hydrogens (tertiary/aromatic N) is 3. The molecule has 8 rings (SSSR count). The Balaban J connectivity index is 0.981. The van der Waals surface area contributed by atoms with Crippen molar-refractivity contribution in [2.45, 2.75) is 58.3 Å². The van der Waals surface area contributed by atoms with Crippen LogP contribution in [0, 0.1) is 24.6 Å². The van der Waals surface area contributed by atoms with E-state index in [-0.39, 0.29) is 42.0 Å². The summed E-state index contributed by atoms with van der Waals surface area (Å²) < 4.78 is 23.4. The van der Waals surface area contributed by atoms with Gasteiger partial charge in [-0.05, 0) is 97.8 Å². The van der Waals surface area contributed by atoms with Crippen LogP contribution in [0.3, 0.4) is 0 Å². The zero-order valence-corrected chi connectivity index (χ0v) is 31.6. The number of furan rings is 1. The molecule has 3 aromatic carbocycles. The summed E-state index contributed by atoms with van der Waals surface area (Å²) in [5, 5.41) is 6.85. The summed E-state index contributed by atoms with van der Waals surface area (Å²) >= 11 is 0. The van der Waals surface area contributed by atoms with Gasteiger partial charge in [0.1, 0.15) is 17.1 Å². The van der Waals surface area contributed by atoms with Gasteiger partial charge in [0.05, 0.1) is 29.9 Å². The molecular weight excluding hydrogens is 710 g/mol. The molecule has 1 saturated heterocycles. The molecule has 0 aliphatic carbocycles. The Morgan fingerprint density at radius 1 is 1.04 bits per heavy atom. The lowest BCUT2D eigenvalue weighted by atomic mass is 9.90. The lowest BCUT2D eigenvalue weighted by Gasteiger charge is -2.33. The number of nitrogens with one attached hydrogen (secondary N) is 2. The number of rotatable bonds is 6. The van der Waals surface area contributed by atoms with Crippen molar-refractivity contribution in [3.8, 4) is 23.0 Å². The highest BCUT2D eigenvalue weighted by atomic mass is 19.1. The van der Waals surface area contributed by atoms with Gasteiger partial charge < -0.3 is 19.2 Å². The maximum absolute atomic E-state index is 16.0. The first-order valence-electron chi connectivity index (χ1n) is 18.8. The molecule has 2 N–H and O–H groups in total. The molecule has 5 heterocycles. The van der Waals surface area contributed by atoms with Gasteiger partial charge in [-0.1, -0.05) is 31.8 Å². The molecule has 282 valence electrons. The van der Waals surface area contributed by atoms with Gasteiger partial charge in [-0.2, -0.15) is 0 Å². The van der Waals surface area contributed by atoms with Crippen molar-refractivity contribution in [3.63, 3.8) is 0 Å². The second-order valence-electron chi connectivity index (χ2n) is 14.9. The number of halogens is 1. The van der Waals surface area contributed by atoms with Crippen LogP contribution in [0.15, 0.2) is 82.3 Å². The number of piperidine rings is 1. The summed E-state index contributed by atoms with van der Waals surface area (Å²) in [6.45, 7) is 6.85. The highest BCUT2D eigenvalue weighted by Crippen LogP contribution is 2.41. The van der Waals surface area contributed by atoms with Gasteiger partial charge in [-0.3, -0.25) is 29.5 Å². The van der Waals surface area contributed by atoms with Crippen LogP contribution in [0.4, 0.5) is 15.8 Å². The van der Waals surface area contributed by atoms with Crippen molar-refractivity contribution >= 4 is 51.0 Å². The molecule has 10 nitrogen and oxygen atoms in total. The standard InChI is InChI=1S/C45H40FN5O5/c1-25(2)30-20-39-34(17-26(3)45(55)50(39)4)40(21-30)51-16-6-8-28-19-32(36(46)22-38(28)51)29-10-12-37(48-23-29)44(54)47-15-5-7-27-9-13-41-33(18-27)35(24-56-41)31-11-14-42(52)49-43(31)53/h9-10,12-13,17-25,31H,6,8,11,14-16H2,1-4H3,(H,47,54)(H,49,52,53). The summed E-state index contributed by atoms with van der Waals surface area (Å²) in [6.07, 6.45) is 5.39. The van der Waals surface area contributed by atoms with E-state index in [1.165, 1.54) is 6.20 Å². The van der Waals surface area contributed by atoms with Gasteiger partial charge in [0, 0.05) is 70.5 Å². The molecule has 2 aliphatic heterocycles. The van der Waals surface area contributed by atoms with Crippen molar-refractivity contribution in [3.05, 3.63) is 123 Å². The maximum Gasteiger partial charge on any atom is 0.270 e. The second-order valence-corrected chi connectivity index (χ2v) is 14.9. The van der Waals surface area contributed by atoms with Gasteiger partial charge in [0.25, 0.3) is 11.5 Å². The first-order chi connectivity index (χ1) is 27.0. The second kappa shape index (κ2) is 14.6. The highest BCUT2D eigenvalue weighted by molar-refractivity contribution is 6.03. The minimum atomic E-state index is -0.479. The molecule has 1 fully saturated rings. The van der Waals surface area contributed by atoms with Gasteiger partial charge in [-0.15, -0.1) is 0 Å². The molecule has 1 atom stereocenters. The zero-order chi connectivity index (χ0) is 39.2. The van der Waals surface area contributed by atoms with Crippen molar-refractivity contribution in [1.82, 2.24) is 20.2 Å². The van der Waals surface area contributed by atoms with Gasteiger partial charge >= 0.3 is 0 Å². The topological polar surface area (TPSA) is 127 Å². The van der Waals surface area contributed by atoms with Gasteiger partial charge in [0.15, 0.2) is 0 Å². The Labute approximate surface area is 322 Å². The normalized spacial score (nSPS) is 15.5. The van der Waals surface area contributed by atoms with Crippen molar-refractivity contribution in [2.75, 3.05) is 18.0 Å². The molecule has 56 heavy (non-hydrogen) atoms. The molecular formula is C45H40FN5O5. The molecule has 3 amide bonds. The first kappa shape index (κ1) is 36.4. The average Bonchev–Trinajstić information content (AvgIpc) is 3.61. The third kappa shape index (κ3) is 6.72. The van der Waals surface area contributed by atoms with Crippen molar-refractivity contribution < 1.29 is 23.2 Å². The Hall–Kier alpha value is -6.54. The minimum Gasteiger partial charge on any atom is -0.464 e. The van der Waals surface area contributed by atoms with E-state index < -0.39 is 17.6 Å². The third-order valence-corrected chi connectivity index (χ3v) is 10.9. The summed E-state index contributed by atoms with van der Waals surface area (Å²) in [6, 6.07) is 18.3. The van der Waals surface area contributed by atoms with Crippen LogP contribution in [0.2, 0.25) is 0 Å². The Morgan fingerprint density at radius 2 is 1.88 bits per heavy atom. The van der Waals surface area contributed by atoms with Gasteiger partial charge in [0.2, 0.25) is 11.8 Å². The molecule has 1 unspecified atom stereocenters. The molecule has 0 spiro atoms. The third-order valence-electron chi connectivity index (χ3n) is 10.9. The van der Waals surface area contributed by atoms with E-state index in [4.69, 9.17) is 4.42 Å². The number of hydrogen-bond donors (Lipinski definition) is 2. The predicted octanol–water partition coefficient (Wildman–Crippen LogP) is 7.30. The number of anilines is 2. The fraction of sp³-hybridized carbons (Fsp3) is 0.267. The maximum atomic E-state index is 16.0. The predicted molar refractivity (Wildman–Crippen MR) is 214 cm³/mol. The molecule has 6 aromatic rings. The number of hydrogen-bond acceptors (Lipinski definition) is 7. The monoisotopic (exact) mass is 749 g/mol. The van der Waals surface area contributed by atoms with Crippen LogP contribution in [0.5, 0.6) is 0 Å². The van der Waals surface area contributed by atoms with E-state index in [9.17, 15) is 19.2 Å². The fourth-order valence-corrected chi connectivity index (χ4v) is 7.79. The Bertz CT molecular complexity index is 2720. The average molecular weight is 750 g/mol. The summed E-state index contributed by atoms with van der Waals surface area (Å²) in [5.41, 5.74) is 8.49.